The molecule has 0 aliphatic heterocycles. The van der Waals surface area contributed by atoms with Crippen molar-refractivity contribution in [2.75, 3.05) is 0 Å². The lowest BCUT2D eigenvalue weighted by molar-refractivity contribution is -0.127. The predicted octanol–water partition coefficient (Wildman–Crippen LogP) is 4.08. The van der Waals surface area contributed by atoms with Gasteiger partial charge in [-0.3, -0.25) is 4.79 Å². The van der Waals surface area contributed by atoms with Gasteiger partial charge in [0.25, 0.3) is 5.91 Å². The maximum atomic E-state index is 12.0. The summed E-state index contributed by atoms with van der Waals surface area (Å²) in [5.74, 6) is 0.182. The van der Waals surface area contributed by atoms with E-state index in [0.29, 0.717) is 22.3 Å². The average Bonchev–Trinajstić information content (AvgIpc) is 2.50. The monoisotopic (exact) mass is 323 g/mol. The zero-order valence-electron chi connectivity index (χ0n) is 11.5. The van der Waals surface area contributed by atoms with Crippen molar-refractivity contribution in [2.24, 2.45) is 0 Å². The van der Waals surface area contributed by atoms with Crippen molar-refractivity contribution in [1.82, 2.24) is 5.32 Å². The lowest BCUT2D eigenvalue weighted by Gasteiger charge is -2.16. The van der Waals surface area contributed by atoms with Gasteiger partial charge < -0.3 is 10.1 Å². The van der Waals surface area contributed by atoms with Gasteiger partial charge in [-0.05, 0) is 24.6 Å². The summed E-state index contributed by atoms with van der Waals surface area (Å²) in [6.07, 6.45) is -0.662. The first-order chi connectivity index (χ1) is 10.1. The lowest BCUT2D eigenvalue weighted by Crippen LogP contribution is -2.35. The molecular formula is C16H15Cl2NO2. The third-order valence-corrected chi connectivity index (χ3v) is 3.70. The smallest absolute Gasteiger partial charge is 0.261 e. The van der Waals surface area contributed by atoms with Crippen LogP contribution in [0.1, 0.15) is 12.5 Å². The molecule has 0 saturated carbocycles. The maximum Gasteiger partial charge on any atom is 0.261 e. The molecule has 3 nitrogen and oxygen atoms in total. The Hall–Kier alpha value is -1.71. The number of halogens is 2. The van der Waals surface area contributed by atoms with Crippen LogP contribution in [0.15, 0.2) is 48.5 Å². The first-order valence-electron chi connectivity index (χ1n) is 6.50. The minimum absolute atomic E-state index is 0.213. The summed E-state index contributed by atoms with van der Waals surface area (Å²) in [6.45, 7) is 2.12. The highest BCUT2D eigenvalue weighted by Crippen LogP contribution is 2.32. The Morgan fingerprint density at radius 1 is 1.14 bits per heavy atom. The van der Waals surface area contributed by atoms with Gasteiger partial charge in [-0.25, -0.2) is 0 Å². The van der Waals surface area contributed by atoms with E-state index in [1.807, 2.05) is 30.3 Å². The molecule has 0 unspecified atom stereocenters. The van der Waals surface area contributed by atoms with Crippen LogP contribution in [0.5, 0.6) is 5.75 Å². The summed E-state index contributed by atoms with van der Waals surface area (Å²) < 4.78 is 5.55. The number of rotatable bonds is 5. The fraction of sp³-hybridized carbons (Fsp3) is 0.188. The SMILES string of the molecule is C[C@@H](Oc1cccc(Cl)c1Cl)C(=O)NCc1ccccc1. The highest BCUT2D eigenvalue weighted by atomic mass is 35.5. The Morgan fingerprint density at radius 2 is 1.86 bits per heavy atom. The van der Waals surface area contributed by atoms with Crippen LogP contribution in [0.3, 0.4) is 0 Å². The second-order valence-electron chi connectivity index (χ2n) is 4.52. The largest absolute Gasteiger partial charge is 0.479 e. The Kier molecular flexibility index (Phi) is 5.48. The van der Waals surface area contributed by atoms with Gasteiger partial charge in [-0.2, -0.15) is 0 Å². The van der Waals surface area contributed by atoms with Crippen molar-refractivity contribution < 1.29 is 9.53 Å². The highest BCUT2D eigenvalue weighted by molar-refractivity contribution is 6.42. The first kappa shape index (κ1) is 15.7. The predicted molar refractivity (Wildman–Crippen MR) is 84.8 cm³/mol. The van der Waals surface area contributed by atoms with E-state index in [1.165, 1.54) is 0 Å². The second-order valence-corrected chi connectivity index (χ2v) is 5.30. The molecule has 5 heteroatoms. The molecule has 1 atom stereocenters. The van der Waals surface area contributed by atoms with Gasteiger partial charge in [0.2, 0.25) is 0 Å². The van der Waals surface area contributed by atoms with Gasteiger partial charge in [0.05, 0.1) is 5.02 Å². The third kappa shape index (κ3) is 4.38. The number of carbonyl (C=O) groups is 1. The van der Waals surface area contributed by atoms with Gasteiger partial charge in [0, 0.05) is 6.54 Å². The van der Waals surface area contributed by atoms with E-state index in [0.717, 1.165) is 5.56 Å². The van der Waals surface area contributed by atoms with Gasteiger partial charge in [0.1, 0.15) is 10.8 Å². The molecule has 2 rings (SSSR count). The van der Waals surface area contributed by atoms with E-state index < -0.39 is 6.10 Å². The van der Waals surface area contributed by atoms with Gasteiger partial charge in [-0.1, -0.05) is 59.6 Å². The van der Waals surface area contributed by atoms with E-state index in [4.69, 9.17) is 27.9 Å². The molecule has 0 spiro atoms. The first-order valence-corrected chi connectivity index (χ1v) is 7.26. The van der Waals surface area contributed by atoms with Crippen LogP contribution in [0.25, 0.3) is 0 Å². The van der Waals surface area contributed by atoms with Gasteiger partial charge >= 0.3 is 0 Å². The van der Waals surface area contributed by atoms with Crippen molar-refractivity contribution in [3.63, 3.8) is 0 Å². The zero-order chi connectivity index (χ0) is 15.2. The molecular weight excluding hydrogens is 309 g/mol. The van der Waals surface area contributed by atoms with Gasteiger partial charge in [-0.15, -0.1) is 0 Å². The summed E-state index contributed by atoms with van der Waals surface area (Å²) >= 11 is 11.9. The van der Waals surface area contributed by atoms with Crippen LogP contribution >= 0.6 is 23.2 Å². The fourth-order valence-electron chi connectivity index (χ4n) is 1.75. The van der Waals surface area contributed by atoms with E-state index in [-0.39, 0.29) is 5.91 Å². The Labute approximate surface area is 133 Å². The molecule has 0 fully saturated rings. The molecule has 21 heavy (non-hydrogen) atoms. The number of hydrogen-bond donors (Lipinski definition) is 1. The Bertz CT molecular complexity index is 617. The fourth-order valence-corrected chi connectivity index (χ4v) is 2.08. The highest BCUT2D eigenvalue weighted by Gasteiger charge is 2.16. The average molecular weight is 324 g/mol. The quantitative estimate of drug-likeness (QED) is 0.900. The van der Waals surface area contributed by atoms with Crippen molar-refractivity contribution in [1.29, 1.82) is 0 Å². The van der Waals surface area contributed by atoms with E-state index in [9.17, 15) is 4.79 Å². The molecule has 110 valence electrons. The van der Waals surface area contributed by atoms with E-state index in [2.05, 4.69) is 5.32 Å². The minimum Gasteiger partial charge on any atom is -0.479 e. The molecule has 0 bridgehead atoms. The van der Waals surface area contributed by atoms with Crippen molar-refractivity contribution >= 4 is 29.1 Å². The Balaban J connectivity index is 1.92. The lowest BCUT2D eigenvalue weighted by atomic mass is 10.2. The molecule has 0 aromatic heterocycles. The van der Waals surface area contributed by atoms with E-state index >= 15 is 0 Å². The summed E-state index contributed by atoms with van der Waals surface area (Å²) in [6, 6.07) is 14.7. The molecule has 0 aliphatic rings. The molecule has 0 saturated heterocycles. The number of amides is 1. The molecule has 1 amide bonds. The standard InChI is InChI=1S/C16H15Cl2NO2/c1-11(21-14-9-5-8-13(17)15(14)18)16(20)19-10-12-6-3-2-4-7-12/h2-9,11H,10H2,1H3,(H,19,20)/t11-/m1/s1. The summed E-state index contributed by atoms with van der Waals surface area (Å²) in [7, 11) is 0. The third-order valence-electron chi connectivity index (χ3n) is 2.90. The van der Waals surface area contributed by atoms with Crippen LogP contribution in [-0.4, -0.2) is 12.0 Å². The normalized spacial score (nSPS) is 11.8. The van der Waals surface area contributed by atoms with Crippen LogP contribution in [0.2, 0.25) is 10.0 Å². The van der Waals surface area contributed by atoms with Crippen LogP contribution in [0, 0.1) is 0 Å². The topological polar surface area (TPSA) is 38.3 Å². The van der Waals surface area contributed by atoms with Gasteiger partial charge in [0.15, 0.2) is 6.10 Å². The van der Waals surface area contributed by atoms with Crippen LogP contribution in [-0.2, 0) is 11.3 Å². The number of benzene rings is 2. The summed E-state index contributed by atoms with van der Waals surface area (Å²) in [5.41, 5.74) is 1.03. The summed E-state index contributed by atoms with van der Waals surface area (Å²) in [5, 5.41) is 3.51. The Morgan fingerprint density at radius 3 is 2.57 bits per heavy atom. The number of nitrogens with one attached hydrogen (secondary N) is 1. The number of hydrogen-bond acceptors (Lipinski definition) is 2. The number of ether oxygens (including phenoxy) is 1. The second kappa shape index (κ2) is 7.34. The number of carbonyl (C=O) groups excluding carboxylic acids is 1. The minimum atomic E-state index is -0.662. The summed E-state index contributed by atoms with van der Waals surface area (Å²) in [4.78, 5) is 12.0. The van der Waals surface area contributed by atoms with E-state index in [1.54, 1.807) is 25.1 Å². The molecule has 2 aromatic carbocycles. The van der Waals surface area contributed by atoms with Crippen LogP contribution < -0.4 is 10.1 Å². The maximum absolute atomic E-state index is 12.0. The molecule has 0 heterocycles. The molecule has 1 N–H and O–H groups in total. The molecule has 0 aliphatic carbocycles. The van der Waals surface area contributed by atoms with Crippen molar-refractivity contribution in [3.8, 4) is 5.75 Å². The van der Waals surface area contributed by atoms with Crippen molar-refractivity contribution in [3.05, 3.63) is 64.1 Å². The molecule has 0 radical (unpaired) electrons. The zero-order valence-corrected chi connectivity index (χ0v) is 13.0. The molecule has 2 aromatic rings. The van der Waals surface area contributed by atoms with Crippen molar-refractivity contribution in [2.45, 2.75) is 19.6 Å². The van der Waals surface area contributed by atoms with Crippen LogP contribution in [0.4, 0.5) is 0 Å².